The summed E-state index contributed by atoms with van der Waals surface area (Å²) in [5.41, 5.74) is 14.9. The molecule has 1 aliphatic carbocycles. The second-order valence-corrected chi connectivity index (χ2v) is 11.6. The summed E-state index contributed by atoms with van der Waals surface area (Å²) in [6.07, 6.45) is 1.21. The molecule has 12 heteroatoms. The van der Waals surface area contributed by atoms with Gasteiger partial charge >= 0.3 is 12.2 Å². The van der Waals surface area contributed by atoms with Gasteiger partial charge < -0.3 is 11.1 Å². The van der Waals surface area contributed by atoms with Crippen LogP contribution in [0.3, 0.4) is 0 Å². The maximum atomic E-state index is 13.8. The van der Waals surface area contributed by atoms with Gasteiger partial charge in [-0.2, -0.15) is 29.5 Å². The Labute approximate surface area is 262 Å². The van der Waals surface area contributed by atoms with Crippen molar-refractivity contribution < 1.29 is 22.8 Å². The average Bonchev–Trinajstić information content (AvgIpc) is 3.59. The highest BCUT2D eigenvalue weighted by Gasteiger charge is 2.32. The summed E-state index contributed by atoms with van der Waals surface area (Å²) in [5, 5.41) is 9.13. The molecule has 1 aliphatic rings. The largest absolute Gasteiger partial charge is 0.416 e. The Morgan fingerprint density at radius 1 is 0.956 bits per heavy atom. The standard InChI is InChI=1S/C33H31F3N6O2S/c34-33(35,36)27-16-26(25-14-15-45-20-25)17-28(18-27)39-32(44)42(29-12-10-23(11-13-29)22-4-2-1-3-5-22)19-21-6-8-24(9-7-21)30(43)40-31(37)41-38/h6-18,20,22,38H,1-5,19H2,(H,39,44)(H2,37,40,43). The number of anilines is 2. The van der Waals surface area contributed by atoms with Crippen LogP contribution in [0.15, 0.2) is 93.7 Å². The van der Waals surface area contributed by atoms with E-state index in [2.05, 4.69) is 15.4 Å². The molecule has 1 heterocycles. The third-order valence-electron chi connectivity index (χ3n) is 7.76. The number of hydrogen-bond acceptors (Lipinski definition) is 4. The minimum atomic E-state index is -4.61. The van der Waals surface area contributed by atoms with Gasteiger partial charge in [-0.25, -0.2) is 10.3 Å². The van der Waals surface area contributed by atoms with Crippen LogP contribution in [0.4, 0.5) is 29.3 Å². The fourth-order valence-electron chi connectivity index (χ4n) is 5.42. The smallest absolute Gasteiger partial charge is 0.366 e. The van der Waals surface area contributed by atoms with E-state index < -0.39 is 29.6 Å². The lowest BCUT2D eigenvalue weighted by atomic mass is 9.84. The number of nitrogens with zero attached hydrogens (tertiary/aromatic N) is 3. The van der Waals surface area contributed by atoms with Crippen molar-refractivity contribution in [3.63, 3.8) is 0 Å². The predicted octanol–water partition coefficient (Wildman–Crippen LogP) is 9.21. The molecular weight excluding hydrogens is 601 g/mol. The number of urea groups is 1. The van der Waals surface area contributed by atoms with E-state index in [0.29, 0.717) is 28.3 Å². The van der Waals surface area contributed by atoms with Crippen molar-refractivity contribution in [1.29, 1.82) is 5.53 Å². The van der Waals surface area contributed by atoms with E-state index in [-0.39, 0.29) is 17.8 Å². The van der Waals surface area contributed by atoms with Crippen LogP contribution in [0.1, 0.15) is 65.1 Å². The molecule has 1 fully saturated rings. The van der Waals surface area contributed by atoms with E-state index in [1.165, 1.54) is 59.3 Å². The molecule has 0 spiro atoms. The monoisotopic (exact) mass is 632 g/mol. The molecule has 3 amide bonds. The van der Waals surface area contributed by atoms with Gasteiger partial charge in [0, 0.05) is 16.9 Å². The number of hydrogen-bond donors (Lipinski definition) is 3. The fourth-order valence-corrected chi connectivity index (χ4v) is 6.09. The lowest BCUT2D eigenvalue weighted by Gasteiger charge is -2.26. The average molecular weight is 633 g/mol. The summed E-state index contributed by atoms with van der Waals surface area (Å²) >= 11 is 1.36. The molecule has 0 radical (unpaired) electrons. The van der Waals surface area contributed by atoms with Crippen molar-refractivity contribution in [2.75, 3.05) is 10.2 Å². The van der Waals surface area contributed by atoms with Gasteiger partial charge in [-0.3, -0.25) is 9.69 Å². The number of rotatable bonds is 7. The highest BCUT2D eigenvalue weighted by atomic mass is 32.1. The first-order valence-corrected chi connectivity index (χ1v) is 15.3. The normalized spacial score (nSPS) is 14.2. The summed E-state index contributed by atoms with van der Waals surface area (Å²) in [7, 11) is 0. The lowest BCUT2D eigenvalue weighted by Crippen LogP contribution is -2.34. The lowest BCUT2D eigenvalue weighted by molar-refractivity contribution is -0.137. The van der Waals surface area contributed by atoms with Crippen LogP contribution in [-0.2, 0) is 12.7 Å². The van der Waals surface area contributed by atoms with Gasteiger partial charge in [-0.05, 0) is 100 Å². The van der Waals surface area contributed by atoms with Crippen LogP contribution in [0.5, 0.6) is 0 Å². The van der Waals surface area contributed by atoms with Gasteiger partial charge in [0.05, 0.1) is 12.1 Å². The summed E-state index contributed by atoms with van der Waals surface area (Å²) in [5.74, 6) is -0.686. The summed E-state index contributed by atoms with van der Waals surface area (Å²) < 4.78 is 41.5. The summed E-state index contributed by atoms with van der Waals surface area (Å²) in [4.78, 5) is 31.1. The fraction of sp³-hybridized carbons (Fsp3) is 0.242. The zero-order chi connectivity index (χ0) is 32.0. The van der Waals surface area contributed by atoms with Gasteiger partial charge in [-0.15, -0.1) is 5.11 Å². The Bertz CT molecular complexity index is 1680. The number of amides is 3. The number of nitrogens with two attached hydrogens (primary N) is 1. The van der Waals surface area contributed by atoms with Crippen LogP contribution < -0.4 is 16.0 Å². The zero-order valence-corrected chi connectivity index (χ0v) is 25.0. The number of halogens is 3. The maximum Gasteiger partial charge on any atom is 0.416 e. The van der Waals surface area contributed by atoms with Gasteiger partial charge in [0.2, 0.25) is 5.96 Å². The molecule has 0 bridgehead atoms. The molecule has 0 atom stereocenters. The molecular formula is C33H31F3N6O2S. The first-order valence-electron chi connectivity index (χ1n) is 14.4. The molecule has 0 unspecified atom stereocenters. The van der Waals surface area contributed by atoms with Crippen molar-refractivity contribution >= 4 is 40.6 Å². The van der Waals surface area contributed by atoms with Gasteiger partial charge in [0.15, 0.2) is 0 Å². The van der Waals surface area contributed by atoms with Crippen LogP contribution in [0.25, 0.3) is 11.1 Å². The van der Waals surface area contributed by atoms with Crippen LogP contribution >= 0.6 is 11.3 Å². The van der Waals surface area contributed by atoms with Crippen molar-refractivity contribution in [3.8, 4) is 11.1 Å². The number of nitrogens with one attached hydrogen (secondary N) is 2. The minimum Gasteiger partial charge on any atom is -0.366 e. The van der Waals surface area contributed by atoms with E-state index in [9.17, 15) is 22.8 Å². The Morgan fingerprint density at radius 3 is 2.29 bits per heavy atom. The SMILES string of the molecule is N=NC(N)=NC(=O)c1ccc(CN(C(=O)Nc2cc(-c3ccsc3)cc(C(F)(F)F)c2)c2ccc(C3CCCCC3)cc2)cc1. The molecule has 8 nitrogen and oxygen atoms in total. The molecule has 0 aliphatic heterocycles. The van der Waals surface area contributed by atoms with E-state index in [1.54, 1.807) is 29.0 Å². The topological polar surface area (TPSA) is 124 Å². The molecule has 45 heavy (non-hydrogen) atoms. The second-order valence-electron chi connectivity index (χ2n) is 10.8. The van der Waals surface area contributed by atoms with E-state index >= 15 is 0 Å². The Hall–Kier alpha value is -4.84. The number of carbonyl (C=O) groups is 2. The molecule has 1 aromatic heterocycles. The Morgan fingerprint density at radius 2 is 1.67 bits per heavy atom. The summed E-state index contributed by atoms with van der Waals surface area (Å²) in [6.45, 7) is 0.0624. The van der Waals surface area contributed by atoms with Crippen molar-refractivity contribution in [1.82, 2.24) is 0 Å². The number of benzene rings is 3. The number of guanidine groups is 1. The third-order valence-corrected chi connectivity index (χ3v) is 8.45. The molecule has 4 N–H and O–H groups in total. The van der Waals surface area contributed by atoms with E-state index in [4.69, 9.17) is 11.3 Å². The van der Waals surface area contributed by atoms with Crippen molar-refractivity contribution in [2.24, 2.45) is 15.8 Å². The van der Waals surface area contributed by atoms with Crippen molar-refractivity contribution in [2.45, 2.75) is 50.7 Å². The van der Waals surface area contributed by atoms with Gasteiger partial charge in [0.25, 0.3) is 5.91 Å². The third kappa shape index (κ3) is 8.01. The molecule has 0 saturated heterocycles. The Balaban J connectivity index is 1.45. The molecule has 3 aromatic carbocycles. The number of thiophene rings is 1. The molecule has 5 rings (SSSR count). The molecule has 232 valence electrons. The Kier molecular flexibility index (Phi) is 9.72. The first kappa shape index (κ1) is 31.6. The first-order chi connectivity index (χ1) is 21.6. The van der Waals surface area contributed by atoms with Crippen LogP contribution in [0, 0.1) is 5.53 Å². The quantitative estimate of drug-likeness (QED) is 0.107. The second kappa shape index (κ2) is 13.9. The minimum absolute atomic E-state index is 0.0102. The van der Waals surface area contributed by atoms with E-state index in [1.807, 2.05) is 24.3 Å². The summed E-state index contributed by atoms with van der Waals surface area (Å²) in [6, 6.07) is 18.7. The number of carbonyl (C=O) groups excluding carboxylic acids is 2. The van der Waals surface area contributed by atoms with Gasteiger partial charge in [0.1, 0.15) is 0 Å². The van der Waals surface area contributed by atoms with Gasteiger partial charge in [-0.1, -0.05) is 43.5 Å². The number of alkyl halides is 3. The highest BCUT2D eigenvalue weighted by Crippen LogP contribution is 2.36. The molecule has 4 aromatic rings. The predicted molar refractivity (Wildman–Crippen MR) is 170 cm³/mol. The molecule has 1 saturated carbocycles. The highest BCUT2D eigenvalue weighted by molar-refractivity contribution is 7.08. The maximum absolute atomic E-state index is 13.8. The van der Waals surface area contributed by atoms with Crippen molar-refractivity contribution in [3.05, 3.63) is 106 Å². The van der Waals surface area contributed by atoms with Crippen LogP contribution in [-0.4, -0.2) is 17.9 Å². The number of aliphatic imine (C=N–C) groups is 1. The van der Waals surface area contributed by atoms with E-state index in [0.717, 1.165) is 25.0 Å². The zero-order valence-electron chi connectivity index (χ0n) is 24.2. The van der Waals surface area contributed by atoms with Crippen LogP contribution in [0.2, 0.25) is 0 Å².